The molecule has 10 aromatic rings. The van der Waals surface area contributed by atoms with Crippen molar-refractivity contribution >= 4 is 60.2 Å². The van der Waals surface area contributed by atoms with E-state index in [4.69, 9.17) is 15.0 Å². The van der Waals surface area contributed by atoms with Crippen molar-refractivity contribution < 1.29 is 0 Å². The van der Waals surface area contributed by atoms with Crippen LogP contribution in [0, 0.1) is 12.1 Å². The molecular weight excluding hydrogens is 538 g/mol. The van der Waals surface area contributed by atoms with Crippen molar-refractivity contribution in [3.63, 3.8) is 0 Å². The van der Waals surface area contributed by atoms with Crippen molar-refractivity contribution in [3.8, 4) is 28.5 Å². The summed E-state index contributed by atoms with van der Waals surface area (Å²) < 4.78 is 4.62. The van der Waals surface area contributed by atoms with E-state index in [0.717, 1.165) is 66.9 Å². The minimum atomic E-state index is 0.684. The number of rotatable bonds is 3. The molecule has 0 saturated heterocycles. The largest absolute Gasteiger partial charge is 0.292 e. The fourth-order valence-electron chi connectivity index (χ4n) is 6.90. The van der Waals surface area contributed by atoms with Crippen molar-refractivity contribution in [1.29, 1.82) is 0 Å². The highest BCUT2D eigenvalue weighted by molar-refractivity contribution is 6.30. The second-order valence-electron chi connectivity index (χ2n) is 11.1. The molecule has 0 unspecified atom stereocenters. The highest BCUT2D eigenvalue weighted by Crippen LogP contribution is 2.44. The van der Waals surface area contributed by atoms with Gasteiger partial charge in [-0.2, -0.15) is 0 Å². The van der Waals surface area contributed by atoms with Gasteiger partial charge in [0.05, 0.1) is 33.1 Å². The Morgan fingerprint density at radius 2 is 1.25 bits per heavy atom. The van der Waals surface area contributed by atoms with Crippen molar-refractivity contribution in [2.24, 2.45) is 0 Å². The highest BCUT2D eigenvalue weighted by Gasteiger charge is 2.25. The molecule has 202 valence electrons. The molecule has 0 N–H and O–H groups in total. The first-order valence-electron chi connectivity index (χ1n) is 14.6. The molecule has 5 nitrogen and oxygen atoms in total. The number of aromatic nitrogens is 5. The molecule has 0 aliphatic rings. The van der Waals surface area contributed by atoms with Gasteiger partial charge in [-0.3, -0.25) is 8.97 Å². The molecule has 4 heterocycles. The van der Waals surface area contributed by atoms with Gasteiger partial charge in [0.25, 0.3) is 0 Å². The summed E-state index contributed by atoms with van der Waals surface area (Å²) in [7, 11) is 0. The molecule has 5 heteroatoms. The van der Waals surface area contributed by atoms with E-state index in [0.29, 0.717) is 5.52 Å². The zero-order valence-corrected chi connectivity index (χ0v) is 23.4. The van der Waals surface area contributed by atoms with Crippen LogP contribution in [0.1, 0.15) is 0 Å². The SMILES string of the molecule is c1ccc2nc(-c3ccccc3)c(-n3c4cccc5c6ccccc6n6c(-c7ccccc7)nc7ccc3c(c54)c76)nc2c#1. The molecule has 0 fully saturated rings. The van der Waals surface area contributed by atoms with Crippen LogP contribution in [0.25, 0.3) is 88.6 Å². The Balaban J connectivity index is 1.46. The zero-order valence-electron chi connectivity index (χ0n) is 23.4. The molecule has 0 aliphatic carbocycles. The second kappa shape index (κ2) is 8.64. The Kier molecular flexibility index (Phi) is 4.58. The normalized spacial score (nSPS) is 11.9. The van der Waals surface area contributed by atoms with Crippen LogP contribution in [0.15, 0.2) is 127 Å². The average molecular weight is 560 g/mol. The third kappa shape index (κ3) is 3.06. The van der Waals surface area contributed by atoms with Gasteiger partial charge in [0.2, 0.25) is 0 Å². The van der Waals surface area contributed by atoms with Gasteiger partial charge in [0, 0.05) is 27.3 Å². The minimum Gasteiger partial charge on any atom is -0.292 e. The maximum Gasteiger partial charge on any atom is 0.165 e. The van der Waals surface area contributed by atoms with Gasteiger partial charge in [-0.1, -0.05) is 97.1 Å². The fraction of sp³-hybridized carbons (Fsp3) is 0. The highest BCUT2D eigenvalue weighted by atomic mass is 15.1. The van der Waals surface area contributed by atoms with Gasteiger partial charge in [-0.25, -0.2) is 15.0 Å². The number of imidazole rings is 1. The first-order chi connectivity index (χ1) is 21.8. The molecule has 44 heavy (non-hydrogen) atoms. The number of hydrogen-bond donors (Lipinski definition) is 0. The van der Waals surface area contributed by atoms with Crippen LogP contribution in [0.5, 0.6) is 0 Å². The summed E-state index contributed by atoms with van der Waals surface area (Å²) in [6.45, 7) is 0. The van der Waals surface area contributed by atoms with Crippen molar-refractivity contribution in [1.82, 2.24) is 23.9 Å². The average Bonchev–Trinajstić information content (AvgIpc) is 3.60. The molecule has 0 bridgehead atoms. The van der Waals surface area contributed by atoms with Gasteiger partial charge >= 0.3 is 0 Å². The van der Waals surface area contributed by atoms with Crippen LogP contribution in [0.2, 0.25) is 0 Å². The second-order valence-corrected chi connectivity index (χ2v) is 11.1. The summed E-state index contributed by atoms with van der Waals surface area (Å²) in [6, 6.07) is 50.4. The molecule has 0 saturated carbocycles. The fourth-order valence-corrected chi connectivity index (χ4v) is 6.90. The quantitative estimate of drug-likeness (QED) is 0.217. The molecule has 0 radical (unpaired) electrons. The van der Waals surface area contributed by atoms with Gasteiger partial charge < -0.3 is 0 Å². The summed E-state index contributed by atoms with van der Waals surface area (Å²) in [5, 5.41) is 4.69. The smallest absolute Gasteiger partial charge is 0.165 e. The Labute approximate surface area is 251 Å². The van der Waals surface area contributed by atoms with E-state index in [1.807, 2.05) is 36.4 Å². The van der Waals surface area contributed by atoms with Crippen LogP contribution < -0.4 is 0 Å². The van der Waals surface area contributed by atoms with Crippen LogP contribution in [0.3, 0.4) is 0 Å². The number of benzene rings is 5. The predicted molar refractivity (Wildman–Crippen MR) is 177 cm³/mol. The molecule has 4 aromatic heterocycles. The lowest BCUT2D eigenvalue weighted by atomic mass is 10.1. The van der Waals surface area contributed by atoms with E-state index < -0.39 is 0 Å². The Hall–Kier alpha value is -6.25. The summed E-state index contributed by atoms with van der Waals surface area (Å²) in [5.74, 6) is 1.69. The maximum atomic E-state index is 5.24. The molecule has 0 amide bonds. The van der Waals surface area contributed by atoms with Crippen LogP contribution in [-0.4, -0.2) is 23.9 Å². The predicted octanol–water partition coefficient (Wildman–Crippen LogP) is 9.05. The van der Waals surface area contributed by atoms with Gasteiger partial charge in [0.15, 0.2) is 5.82 Å². The third-order valence-corrected chi connectivity index (χ3v) is 8.72. The van der Waals surface area contributed by atoms with E-state index in [2.05, 4.69) is 112 Å². The zero-order chi connectivity index (χ0) is 28.8. The lowest BCUT2D eigenvalue weighted by Gasteiger charge is -2.13. The first kappa shape index (κ1) is 23.3. The summed E-state index contributed by atoms with van der Waals surface area (Å²) in [6.07, 6.45) is 0. The Bertz CT molecular complexity index is 2700. The van der Waals surface area contributed by atoms with Crippen molar-refractivity contribution in [3.05, 3.63) is 140 Å². The molecule has 6 aromatic carbocycles. The number of fused-ring (bicyclic) bond motifs is 4. The van der Waals surface area contributed by atoms with Gasteiger partial charge in [0.1, 0.15) is 17.0 Å². The van der Waals surface area contributed by atoms with E-state index >= 15 is 0 Å². The van der Waals surface area contributed by atoms with Crippen LogP contribution in [0.4, 0.5) is 0 Å². The molecular formula is C39H21N5. The third-order valence-electron chi connectivity index (χ3n) is 8.72. The standard InChI is InChI=1S/C39H21N5/c1-3-12-24(13-4-1)36-39(41-29-19-9-8-18-28(29)40-36)43-32-21-11-17-27-26-16-7-10-20-31(26)44-37-30(22-23-33(43)35(37)34(27)32)42-38(44)25-14-5-2-6-15-25/h1-8,10-18,20-23H. The molecule has 0 atom stereocenters. The van der Waals surface area contributed by atoms with E-state index in [9.17, 15) is 0 Å². The van der Waals surface area contributed by atoms with E-state index in [1.165, 1.54) is 16.2 Å². The van der Waals surface area contributed by atoms with Crippen molar-refractivity contribution in [2.45, 2.75) is 0 Å². The van der Waals surface area contributed by atoms with Crippen molar-refractivity contribution in [2.75, 3.05) is 0 Å². The van der Waals surface area contributed by atoms with E-state index in [1.54, 1.807) is 0 Å². The van der Waals surface area contributed by atoms with Crippen LogP contribution >= 0.6 is 0 Å². The van der Waals surface area contributed by atoms with E-state index in [-0.39, 0.29) is 0 Å². The topological polar surface area (TPSA) is 48.0 Å². The summed E-state index contributed by atoms with van der Waals surface area (Å²) in [4.78, 5) is 15.6. The lowest BCUT2D eigenvalue weighted by molar-refractivity contribution is 1.08. The van der Waals surface area contributed by atoms with Crippen LogP contribution in [-0.2, 0) is 0 Å². The number of para-hydroxylation sites is 1. The molecule has 10 rings (SSSR count). The van der Waals surface area contributed by atoms with Gasteiger partial charge in [-0.05, 0) is 47.9 Å². The minimum absolute atomic E-state index is 0.684. The molecule has 0 aliphatic heterocycles. The lowest BCUT2D eigenvalue weighted by Crippen LogP contribution is -2.03. The maximum absolute atomic E-state index is 5.24. The molecule has 0 spiro atoms. The number of hydrogen-bond acceptors (Lipinski definition) is 3. The summed E-state index contributed by atoms with van der Waals surface area (Å²) in [5.41, 5.74) is 9.67. The Morgan fingerprint density at radius 1 is 0.523 bits per heavy atom. The first-order valence-corrected chi connectivity index (χ1v) is 14.6. The Morgan fingerprint density at radius 3 is 2.11 bits per heavy atom. The number of nitrogens with zero attached hydrogens (tertiary/aromatic N) is 5. The summed E-state index contributed by atoms with van der Waals surface area (Å²) >= 11 is 0. The monoisotopic (exact) mass is 559 g/mol. The van der Waals surface area contributed by atoms with Gasteiger partial charge in [-0.15, -0.1) is 0 Å².